The average Bonchev–Trinajstić information content (AvgIpc) is 2.75. The summed E-state index contributed by atoms with van der Waals surface area (Å²) in [7, 11) is 0. The maximum atomic E-state index is 12.7. The molecule has 1 heterocycles. The lowest BCUT2D eigenvalue weighted by Gasteiger charge is -2.45. The summed E-state index contributed by atoms with van der Waals surface area (Å²) in [5, 5.41) is 3.02. The Bertz CT molecular complexity index is 346. The standard InChI is InChI=1S/C14H24N2O2/c1-4-11-12(17)15-14(7-5-6-8-14)13(18)16(11)9-10(2)3/h10-11H,4-9H2,1-3H3,(H,15,17). The zero-order valence-corrected chi connectivity index (χ0v) is 11.7. The van der Waals surface area contributed by atoms with Gasteiger partial charge in [-0.2, -0.15) is 0 Å². The first-order chi connectivity index (χ1) is 8.50. The van der Waals surface area contributed by atoms with Gasteiger partial charge in [-0.3, -0.25) is 9.59 Å². The molecule has 2 amide bonds. The van der Waals surface area contributed by atoms with Crippen LogP contribution in [-0.2, 0) is 9.59 Å². The first-order valence-corrected chi connectivity index (χ1v) is 7.13. The number of hydrogen-bond acceptors (Lipinski definition) is 2. The molecule has 0 aromatic rings. The van der Waals surface area contributed by atoms with Crippen molar-refractivity contribution in [2.24, 2.45) is 5.92 Å². The molecular formula is C14H24N2O2. The van der Waals surface area contributed by atoms with Crippen molar-refractivity contribution < 1.29 is 9.59 Å². The molecule has 1 atom stereocenters. The fourth-order valence-corrected chi connectivity index (χ4v) is 3.26. The molecule has 2 fully saturated rings. The van der Waals surface area contributed by atoms with Gasteiger partial charge in [-0.1, -0.05) is 33.6 Å². The minimum Gasteiger partial charge on any atom is -0.340 e. The summed E-state index contributed by atoms with van der Waals surface area (Å²) >= 11 is 0. The quantitative estimate of drug-likeness (QED) is 0.831. The summed E-state index contributed by atoms with van der Waals surface area (Å²) < 4.78 is 0. The lowest BCUT2D eigenvalue weighted by atomic mass is 9.89. The van der Waals surface area contributed by atoms with Gasteiger partial charge in [-0.25, -0.2) is 0 Å². The summed E-state index contributed by atoms with van der Waals surface area (Å²) in [6.07, 6.45) is 4.39. The maximum absolute atomic E-state index is 12.7. The van der Waals surface area contributed by atoms with Crippen molar-refractivity contribution in [1.82, 2.24) is 10.2 Å². The Labute approximate surface area is 109 Å². The Morgan fingerprint density at radius 3 is 2.44 bits per heavy atom. The lowest BCUT2D eigenvalue weighted by molar-refractivity contribution is -0.155. The van der Waals surface area contributed by atoms with Crippen molar-refractivity contribution in [3.8, 4) is 0 Å². The van der Waals surface area contributed by atoms with Crippen LogP contribution in [0.1, 0.15) is 52.9 Å². The van der Waals surface area contributed by atoms with Gasteiger partial charge in [-0.15, -0.1) is 0 Å². The normalized spacial score (nSPS) is 27.1. The van der Waals surface area contributed by atoms with Gasteiger partial charge in [0.15, 0.2) is 0 Å². The molecule has 1 aliphatic carbocycles. The van der Waals surface area contributed by atoms with Crippen molar-refractivity contribution in [3.63, 3.8) is 0 Å². The van der Waals surface area contributed by atoms with Crippen LogP contribution < -0.4 is 5.32 Å². The molecule has 1 unspecified atom stereocenters. The third-order valence-electron chi connectivity index (χ3n) is 4.12. The highest BCUT2D eigenvalue weighted by Gasteiger charge is 2.51. The summed E-state index contributed by atoms with van der Waals surface area (Å²) in [5.74, 6) is 0.590. The SMILES string of the molecule is CCC1C(=O)NC2(CCCC2)C(=O)N1CC(C)C. The molecule has 1 saturated carbocycles. The van der Waals surface area contributed by atoms with E-state index in [1.54, 1.807) is 0 Å². The Hall–Kier alpha value is -1.06. The van der Waals surface area contributed by atoms with Gasteiger partial charge in [-0.05, 0) is 25.2 Å². The average molecular weight is 252 g/mol. The molecule has 1 aliphatic heterocycles. The zero-order chi connectivity index (χ0) is 13.3. The van der Waals surface area contributed by atoms with E-state index >= 15 is 0 Å². The van der Waals surface area contributed by atoms with E-state index in [0.29, 0.717) is 18.9 Å². The molecule has 2 aliphatic rings. The van der Waals surface area contributed by atoms with Crippen LogP contribution in [0.4, 0.5) is 0 Å². The molecule has 0 bridgehead atoms. The number of piperazine rings is 1. The molecular weight excluding hydrogens is 228 g/mol. The highest BCUT2D eigenvalue weighted by atomic mass is 16.2. The molecule has 2 rings (SSSR count). The molecule has 1 N–H and O–H groups in total. The minimum atomic E-state index is -0.572. The first-order valence-electron chi connectivity index (χ1n) is 7.13. The summed E-state index contributed by atoms with van der Waals surface area (Å²) in [5.41, 5.74) is -0.572. The van der Waals surface area contributed by atoms with Crippen molar-refractivity contribution in [2.75, 3.05) is 6.54 Å². The molecule has 1 saturated heterocycles. The van der Waals surface area contributed by atoms with Gasteiger partial charge < -0.3 is 10.2 Å². The van der Waals surface area contributed by atoms with Gasteiger partial charge >= 0.3 is 0 Å². The molecule has 0 radical (unpaired) electrons. The maximum Gasteiger partial charge on any atom is 0.249 e. The molecule has 18 heavy (non-hydrogen) atoms. The van der Waals surface area contributed by atoms with Gasteiger partial charge in [0.25, 0.3) is 0 Å². The van der Waals surface area contributed by atoms with E-state index in [1.165, 1.54) is 0 Å². The lowest BCUT2D eigenvalue weighted by Crippen LogP contribution is -2.69. The zero-order valence-electron chi connectivity index (χ0n) is 11.7. The fourth-order valence-electron chi connectivity index (χ4n) is 3.26. The number of hydrogen-bond donors (Lipinski definition) is 1. The first kappa shape index (κ1) is 13.4. The van der Waals surface area contributed by atoms with Crippen molar-refractivity contribution >= 4 is 11.8 Å². The third kappa shape index (κ3) is 2.13. The fraction of sp³-hybridized carbons (Fsp3) is 0.857. The second-order valence-corrected chi connectivity index (χ2v) is 6.05. The van der Waals surface area contributed by atoms with Crippen LogP contribution in [0.25, 0.3) is 0 Å². The van der Waals surface area contributed by atoms with Crippen LogP contribution in [0, 0.1) is 5.92 Å². The third-order valence-corrected chi connectivity index (χ3v) is 4.12. The van der Waals surface area contributed by atoms with Crippen molar-refractivity contribution in [1.29, 1.82) is 0 Å². The predicted molar refractivity (Wildman–Crippen MR) is 70.0 cm³/mol. The highest BCUT2D eigenvalue weighted by molar-refractivity contribution is 6.00. The minimum absolute atomic E-state index is 0.0413. The van der Waals surface area contributed by atoms with Crippen LogP contribution in [-0.4, -0.2) is 34.8 Å². The summed E-state index contributed by atoms with van der Waals surface area (Å²) in [6, 6.07) is -0.272. The molecule has 4 nitrogen and oxygen atoms in total. The van der Waals surface area contributed by atoms with E-state index in [4.69, 9.17) is 0 Å². The summed E-state index contributed by atoms with van der Waals surface area (Å²) in [4.78, 5) is 26.8. The Balaban J connectivity index is 2.26. The number of nitrogens with one attached hydrogen (secondary N) is 1. The van der Waals surface area contributed by atoms with E-state index in [2.05, 4.69) is 19.2 Å². The van der Waals surface area contributed by atoms with E-state index in [-0.39, 0.29) is 17.9 Å². The molecule has 1 spiro atoms. The highest BCUT2D eigenvalue weighted by Crippen LogP contribution is 2.35. The van der Waals surface area contributed by atoms with Gasteiger partial charge in [0.1, 0.15) is 11.6 Å². The number of carbonyl (C=O) groups excluding carboxylic acids is 2. The van der Waals surface area contributed by atoms with Crippen LogP contribution >= 0.6 is 0 Å². The van der Waals surface area contributed by atoms with Crippen LogP contribution in [0.3, 0.4) is 0 Å². The molecule has 0 aromatic heterocycles. The van der Waals surface area contributed by atoms with E-state index < -0.39 is 5.54 Å². The van der Waals surface area contributed by atoms with Gasteiger partial charge in [0.05, 0.1) is 0 Å². The predicted octanol–water partition coefficient (Wildman–Crippen LogP) is 1.69. The van der Waals surface area contributed by atoms with Crippen molar-refractivity contribution in [2.45, 2.75) is 64.5 Å². The molecule has 0 aromatic carbocycles. The van der Waals surface area contributed by atoms with Crippen LogP contribution in [0.5, 0.6) is 0 Å². The number of carbonyl (C=O) groups is 2. The number of rotatable bonds is 3. The van der Waals surface area contributed by atoms with E-state index in [0.717, 1.165) is 25.7 Å². The monoisotopic (exact) mass is 252 g/mol. The van der Waals surface area contributed by atoms with Crippen LogP contribution in [0.2, 0.25) is 0 Å². The topological polar surface area (TPSA) is 49.4 Å². The smallest absolute Gasteiger partial charge is 0.249 e. The largest absolute Gasteiger partial charge is 0.340 e. The second kappa shape index (κ2) is 4.90. The van der Waals surface area contributed by atoms with Gasteiger partial charge in [0, 0.05) is 6.54 Å². The van der Waals surface area contributed by atoms with Crippen LogP contribution in [0.15, 0.2) is 0 Å². The Kier molecular flexibility index (Phi) is 3.64. The Morgan fingerprint density at radius 1 is 1.33 bits per heavy atom. The van der Waals surface area contributed by atoms with Crippen molar-refractivity contribution in [3.05, 3.63) is 0 Å². The van der Waals surface area contributed by atoms with E-state index in [1.807, 2.05) is 11.8 Å². The Morgan fingerprint density at radius 2 is 1.94 bits per heavy atom. The number of nitrogens with zero attached hydrogens (tertiary/aromatic N) is 1. The second-order valence-electron chi connectivity index (χ2n) is 6.05. The molecule has 102 valence electrons. The number of amides is 2. The molecule has 4 heteroatoms. The van der Waals surface area contributed by atoms with Gasteiger partial charge in [0.2, 0.25) is 11.8 Å². The summed E-state index contributed by atoms with van der Waals surface area (Å²) in [6.45, 7) is 6.84. The van der Waals surface area contributed by atoms with E-state index in [9.17, 15) is 9.59 Å².